The number of hydrogen-bond acceptors (Lipinski definition) is 3. The van der Waals surface area contributed by atoms with Crippen molar-refractivity contribution in [1.29, 1.82) is 0 Å². The van der Waals surface area contributed by atoms with Crippen LogP contribution in [0.3, 0.4) is 0 Å². The third kappa shape index (κ3) is 9.65. The first-order valence-corrected chi connectivity index (χ1v) is 3.58. The summed E-state index contributed by atoms with van der Waals surface area (Å²) in [5.41, 5.74) is 0.793. The van der Waals surface area contributed by atoms with Crippen LogP contribution in [-0.4, -0.2) is 32.1 Å². The lowest BCUT2D eigenvalue weighted by atomic mass is 10.4. The molecule has 74 valence electrons. The highest BCUT2D eigenvalue weighted by Crippen LogP contribution is 1.90. The Morgan fingerprint density at radius 2 is 2.17 bits per heavy atom. The van der Waals surface area contributed by atoms with Gasteiger partial charge in [0.25, 0.3) is 0 Å². The fourth-order valence-corrected chi connectivity index (χ4v) is 0.528. The minimum absolute atomic E-state index is 0. The van der Waals surface area contributed by atoms with Crippen molar-refractivity contribution < 1.29 is 9.23 Å². The van der Waals surface area contributed by atoms with Crippen molar-refractivity contribution in [1.82, 2.24) is 5.32 Å². The molecule has 12 heavy (non-hydrogen) atoms. The van der Waals surface area contributed by atoms with Crippen molar-refractivity contribution >= 4 is 18.1 Å². The second-order valence-electron chi connectivity index (χ2n) is 2.49. The van der Waals surface area contributed by atoms with Crippen LogP contribution >= 0.6 is 12.4 Å². The number of hydrogen-bond donors (Lipinski definition) is 1. The lowest BCUT2D eigenvalue weighted by Gasteiger charge is -2.04. The summed E-state index contributed by atoms with van der Waals surface area (Å²) in [4.78, 5) is 4.68. The zero-order valence-corrected chi connectivity index (χ0v) is 8.45. The van der Waals surface area contributed by atoms with E-state index in [2.05, 4.69) is 15.3 Å². The SMILES string of the molecule is CNCC(F)CON=C(C)C.Cl. The van der Waals surface area contributed by atoms with E-state index in [9.17, 15) is 4.39 Å². The molecule has 3 nitrogen and oxygen atoms in total. The Labute approximate surface area is 78.8 Å². The first-order valence-electron chi connectivity index (χ1n) is 3.58. The Morgan fingerprint density at radius 1 is 1.58 bits per heavy atom. The molecule has 1 unspecified atom stereocenters. The van der Waals surface area contributed by atoms with Crippen molar-refractivity contribution in [3.8, 4) is 0 Å². The third-order valence-electron chi connectivity index (χ3n) is 0.928. The van der Waals surface area contributed by atoms with Gasteiger partial charge in [-0.05, 0) is 20.9 Å². The Hall–Kier alpha value is -0.350. The van der Waals surface area contributed by atoms with E-state index < -0.39 is 6.17 Å². The second-order valence-corrected chi connectivity index (χ2v) is 2.49. The van der Waals surface area contributed by atoms with Crippen LogP contribution in [0.4, 0.5) is 4.39 Å². The van der Waals surface area contributed by atoms with E-state index in [1.165, 1.54) is 0 Å². The molecule has 0 aliphatic rings. The summed E-state index contributed by atoms with van der Waals surface area (Å²) >= 11 is 0. The molecule has 0 saturated heterocycles. The van der Waals surface area contributed by atoms with Gasteiger partial charge in [0.05, 0.1) is 5.71 Å². The maximum Gasteiger partial charge on any atom is 0.149 e. The first kappa shape index (κ1) is 14.2. The van der Waals surface area contributed by atoms with Crippen molar-refractivity contribution in [3.05, 3.63) is 0 Å². The summed E-state index contributed by atoms with van der Waals surface area (Å²) < 4.78 is 12.6. The van der Waals surface area contributed by atoms with Crippen molar-refractivity contribution in [2.75, 3.05) is 20.2 Å². The molecule has 1 atom stereocenters. The van der Waals surface area contributed by atoms with Crippen LogP contribution in [0.5, 0.6) is 0 Å². The van der Waals surface area contributed by atoms with E-state index in [1.54, 1.807) is 20.9 Å². The number of rotatable bonds is 5. The molecule has 0 fully saturated rings. The van der Waals surface area contributed by atoms with Crippen LogP contribution in [0.25, 0.3) is 0 Å². The molecule has 0 aromatic carbocycles. The van der Waals surface area contributed by atoms with Crippen LogP contribution < -0.4 is 5.32 Å². The van der Waals surface area contributed by atoms with Crippen LogP contribution in [0.1, 0.15) is 13.8 Å². The van der Waals surface area contributed by atoms with Gasteiger partial charge in [-0.15, -0.1) is 12.4 Å². The summed E-state index contributed by atoms with van der Waals surface area (Å²) in [5.74, 6) is 0. The van der Waals surface area contributed by atoms with E-state index in [1.807, 2.05) is 0 Å². The maximum atomic E-state index is 12.6. The van der Waals surface area contributed by atoms with E-state index >= 15 is 0 Å². The summed E-state index contributed by atoms with van der Waals surface area (Å²) in [6, 6.07) is 0. The van der Waals surface area contributed by atoms with Crippen LogP contribution in [0.2, 0.25) is 0 Å². The lowest BCUT2D eigenvalue weighted by molar-refractivity contribution is 0.0868. The van der Waals surface area contributed by atoms with Gasteiger partial charge in [-0.2, -0.15) is 0 Å². The van der Waals surface area contributed by atoms with Gasteiger partial charge in [0.2, 0.25) is 0 Å². The third-order valence-corrected chi connectivity index (χ3v) is 0.928. The smallest absolute Gasteiger partial charge is 0.149 e. The molecule has 0 heterocycles. The van der Waals surface area contributed by atoms with Gasteiger partial charge in [-0.25, -0.2) is 4.39 Å². The maximum absolute atomic E-state index is 12.6. The zero-order chi connectivity index (χ0) is 8.69. The van der Waals surface area contributed by atoms with E-state index in [-0.39, 0.29) is 19.0 Å². The minimum atomic E-state index is -0.983. The standard InChI is InChI=1S/C7H15FN2O.ClH/c1-6(2)10-11-5-7(8)4-9-3;/h7,9H,4-5H2,1-3H3;1H. The van der Waals surface area contributed by atoms with Gasteiger partial charge in [0.1, 0.15) is 12.8 Å². The molecule has 0 rings (SSSR count). The van der Waals surface area contributed by atoms with Gasteiger partial charge in [-0.3, -0.25) is 0 Å². The monoisotopic (exact) mass is 198 g/mol. The Kier molecular flexibility index (Phi) is 10.3. The lowest BCUT2D eigenvalue weighted by Crippen LogP contribution is -2.23. The quantitative estimate of drug-likeness (QED) is 0.535. The molecule has 0 saturated carbocycles. The number of alkyl halides is 1. The Bertz CT molecular complexity index is 129. The van der Waals surface area contributed by atoms with Gasteiger partial charge < -0.3 is 10.2 Å². The molecule has 0 spiro atoms. The molecule has 1 N–H and O–H groups in total. The number of nitrogens with zero attached hydrogens (tertiary/aromatic N) is 1. The minimum Gasteiger partial charge on any atom is -0.393 e. The highest BCUT2D eigenvalue weighted by Gasteiger charge is 2.03. The fraction of sp³-hybridized carbons (Fsp3) is 0.857. The molecule has 0 bridgehead atoms. The van der Waals surface area contributed by atoms with Gasteiger partial charge in [0, 0.05) is 6.54 Å². The topological polar surface area (TPSA) is 33.6 Å². The summed E-state index contributed by atoms with van der Waals surface area (Å²) in [6.45, 7) is 3.92. The van der Waals surface area contributed by atoms with E-state index in [0.717, 1.165) is 5.71 Å². The number of nitrogens with one attached hydrogen (secondary N) is 1. The molecule has 0 amide bonds. The molecule has 5 heteroatoms. The van der Waals surface area contributed by atoms with Crippen LogP contribution in [0, 0.1) is 0 Å². The molecule has 0 aromatic heterocycles. The predicted molar refractivity (Wildman–Crippen MR) is 50.8 cm³/mol. The van der Waals surface area contributed by atoms with Crippen LogP contribution in [-0.2, 0) is 4.84 Å². The molecular weight excluding hydrogens is 183 g/mol. The average Bonchev–Trinajstić information content (AvgIpc) is 1.87. The molecule has 0 aliphatic heterocycles. The molecule has 0 radical (unpaired) electrons. The summed E-state index contributed by atoms with van der Waals surface area (Å²) in [5, 5.41) is 6.30. The van der Waals surface area contributed by atoms with Crippen LogP contribution in [0.15, 0.2) is 5.16 Å². The van der Waals surface area contributed by atoms with Crippen molar-refractivity contribution in [2.45, 2.75) is 20.0 Å². The molecular formula is C7H16ClFN2O. The normalized spacial score (nSPS) is 11.3. The zero-order valence-electron chi connectivity index (χ0n) is 7.63. The van der Waals surface area contributed by atoms with E-state index in [0.29, 0.717) is 6.54 Å². The molecule has 0 aliphatic carbocycles. The average molecular weight is 199 g/mol. The first-order chi connectivity index (χ1) is 5.16. The van der Waals surface area contributed by atoms with Gasteiger partial charge in [0.15, 0.2) is 0 Å². The predicted octanol–water partition coefficient (Wildman–Crippen LogP) is 1.38. The van der Waals surface area contributed by atoms with Crippen molar-refractivity contribution in [2.24, 2.45) is 5.16 Å². The van der Waals surface area contributed by atoms with E-state index in [4.69, 9.17) is 0 Å². The van der Waals surface area contributed by atoms with Crippen molar-refractivity contribution in [3.63, 3.8) is 0 Å². The summed E-state index contributed by atoms with van der Waals surface area (Å²) in [7, 11) is 1.70. The largest absolute Gasteiger partial charge is 0.393 e. The second kappa shape index (κ2) is 8.74. The number of halogens is 2. The van der Waals surface area contributed by atoms with Gasteiger partial charge in [-0.1, -0.05) is 5.16 Å². The van der Waals surface area contributed by atoms with Gasteiger partial charge >= 0.3 is 0 Å². The number of oxime groups is 1. The highest BCUT2D eigenvalue weighted by molar-refractivity contribution is 5.85. The Balaban J connectivity index is 0. The fourth-order valence-electron chi connectivity index (χ4n) is 0.528. The Morgan fingerprint density at radius 3 is 2.58 bits per heavy atom. The highest BCUT2D eigenvalue weighted by atomic mass is 35.5. The molecule has 0 aromatic rings. The summed E-state index contributed by atoms with van der Waals surface area (Å²) in [6.07, 6.45) is -0.983.